The average molecular weight is 201 g/mol. The Morgan fingerprint density at radius 1 is 1.20 bits per heavy atom. The molecule has 1 aromatic carbocycles. The summed E-state index contributed by atoms with van der Waals surface area (Å²) < 4.78 is 5.18. The first kappa shape index (κ1) is 9.52. The van der Waals surface area contributed by atoms with E-state index in [-0.39, 0.29) is 0 Å². The lowest BCUT2D eigenvalue weighted by molar-refractivity contribution is 0.318. The first-order valence-corrected chi connectivity index (χ1v) is 4.64. The Morgan fingerprint density at radius 3 is 2.47 bits per heavy atom. The average Bonchev–Trinajstić information content (AvgIpc) is 2.75. The summed E-state index contributed by atoms with van der Waals surface area (Å²) >= 11 is 0. The van der Waals surface area contributed by atoms with Crippen LogP contribution in [0.25, 0.3) is 0 Å². The number of aryl methyl sites for hydroxylation is 1. The molecule has 0 unspecified atom stereocenters. The molecule has 0 bridgehead atoms. The van der Waals surface area contributed by atoms with Crippen LogP contribution in [0.2, 0.25) is 0 Å². The largest absolute Gasteiger partial charge is 0.463 e. The molecule has 2 aromatic rings. The van der Waals surface area contributed by atoms with E-state index in [9.17, 15) is 0 Å². The van der Waals surface area contributed by atoms with Crippen molar-refractivity contribution in [1.82, 2.24) is 0 Å². The fraction of sp³-hybridized carbons (Fsp3) is 0.0833. The fourth-order valence-electron chi connectivity index (χ4n) is 1.37. The number of furan rings is 1. The summed E-state index contributed by atoms with van der Waals surface area (Å²) in [5, 5.41) is 12.2. The molecule has 0 atom stereocenters. The zero-order valence-electron chi connectivity index (χ0n) is 8.34. The Morgan fingerprint density at radius 2 is 1.93 bits per heavy atom. The Labute approximate surface area is 87.7 Å². The Kier molecular flexibility index (Phi) is 2.54. The minimum atomic E-state index is 0.444. The topological polar surface area (TPSA) is 45.7 Å². The van der Waals surface area contributed by atoms with Crippen LogP contribution in [-0.2, 0) is 0 Å². The summed E-state index contributed by atoms with van der Waals surface area (Å²) in [6, 6.07) is 11.2. The third-order valence-electron chi connectivity index (χ3n) is 2.18. The molecule has 0 fully saturated rings. The van der Waals surface area contributed by atoms with Crippen LogP contribution in [0.1, 0.15) is 16.9 Å². The van der Waals surface area contributed by atoms with Gasteiger partial charge in [-0.05, 0) is 19.1 Å². The Bertz CT molecular complexity index is 455. The number of rotatable bonds is 2. The minimum absolute atomic E-state index is 0.444. The minimum Gasteiger partial charge on any atom is -0.463 e. The van der Waals surface area contributed by atoms with Gasteiger partial charge in [-0.2, -0.15) is 0 Å². The summed E-state index contributed by atoms with van der Waals surface area (Å²) in [6.45, 7) is 2.01. The second kappa shape index (κ2) is 4.00. The molecule has 3 nitrogen and oxygen atoms in total. The van der Waals surface area contributed by atoms with E-state index in [1.807, 2.05) is 31.2 Å². The predicted octanol–water partition coefficient (Wildman–Crippen LogP) is 2.81. The number of hydrogen-bond donors (Lipinski definition) is 1. The fourth-order valence-corrected chi connectivity index (χ4v) is 1.37. The highest BCUT2D eigenvalue weighted by Crippen LogP contribution is 2.12. The molecule has 3 heteroatoms. The standard InChI is InChI=1S/C12H11NO2/c1-9-4-6-10(7-5-9)12(13-14)11-3-2-8-15-11/h2-8,14H,1H3/b13-12-. The maximum atomic E-state index is 8.95. The van der Waals surface area contributed by atoms with Gasteiger partial charge in [0.25, 0.3) is 0 Å². The van der Waals surface area contributed by atoms with Gasteiger partial charge >= 0.3 is 0 Å². The van der Waals surface area contributed by atoms with Gasteiger partial charge in [0, 0.05) is 5.56 Å². The lowest BCUT2D eigenvalue weighted by Crippen LogP contribution is -2.01. The number of nitrogens with zero attached hydrogens (tertiary/aromatic N) is 1. The van der Waals surface area contributed by atoms with Crippen molar-refractivity contribution in [1.29, 1.82) is 0 Å². The van der Waals surface area contributed by atoms with E-state index < -0.39 is 0 Å². The van der Waals surface area contributed by atoms with Gasteiger partial charge in [0.2, 0.25) is 0 Å². The van der Waals surface area contributed by atoms with Crippen molar-refractivity contribution >= 4 is 5.71 Å². The van der Waals surface area contributed by atoms with Gasteiger partial charge in [-0.3, -0.25) is 0 Å². The highest BCUT2D eigenvalue weighted by atomic mass is 16.4. The molecule has 0 spiro atoms. The molecule has 0 saturated heterocycles. The molecule has 1 N–H and O–H groups in total. The molecule has 0 radical (unpaired) electrons. The summed E-state index contributed by atoms with van der Waals surface area (Å²) in [4.78, 5) is 0. The van der Waals surface area contributed by atoms with Crippen LogP contribution < -0.4 is 0 Å². The van der Waals surface area contributed by atoms with Gasteiger partial charge in [-0.15, -0.1) is 0 Å². The Hall–Kier alpha value is -2.03. The van der Waals surface area contributed by atoms with Crippen molar-refractivity contribution in [3.05, 3.63) is 59.5 Å². The van der Waals surface area contributed by atoms with Crippen molar-refractivity contribution in [2.24, 2.45) is 5.16 Å². The highest BCUT2D eigenvalue weighted by molar-refractivity contribution is 6.10. The molecular formula is C12H11NO2. The van der Waals surface area contributed by atoms with Gasteiger partial charge < -0.3 is 9.62 Å². The van der Waals surface area contributed by atoms with Crippen molar-refractivity contribution in [3.8, 4) is 0 Å². The maximum Gasteiger partial charge on any atom is 0.156 e. The molecule has 0 aliphatic carbocycles. The van der Waals surface area contributed by atoms with Crippen LogP contribution in [0.3, 0.4) is 0 Å². The molecule has 2 rings (SSSR count). The molecule has 1 aromatic heterocycles. The zero-order valence-corrected chi connectivity index (χ0v) is 8.34. The zero-order chi connectivity index (χ0) is 10.7. The van der Waals surface area contributed by atoms with Crippen molar-refractivity contribution in [2.75, 3.05) is 0 Å². The third-order valence-corrected chi connectivity index (χ3v) is 2.18. The van der Waals surface area contributed by atoms with Crippen molar-refractivity contribution in [2.45, 2.75) is 6.92 Å². The van der Waals surface area contributed by atoms with Crippen LogP contribution in [0, 0.1) is 6.92 Å². The lowest BCUT2D eigenvalue weighted by atomic mass is 10.1. The summed E-state index contributed by atoms with van der Waals surface area (Å²) in [6.07, 6.45) is 1.55. The molecule has 0 amide bonds. The van der Waals surface area contributed by atoms with Crippen LogP contribution in [0.5, 0.6) is 0 Å². The number of oxime groups is 1. The summed E-state index contributed by atoms with van der Waals surface area (Å²) in [5.41, 5.74) is 2.44. The molecular weight excluding hydrogens is 190 g/mol. The first-order chi connectivity index (χ1) is 7.31. The molecule has 0 aliphatic heterocycles. The predicted molar refractivity (Wildman–Crippen MR) is 57.3 cm³/mol. The van der Waals surface area contributed by atoms with Gasteiger partial charge in [0.15, 0.2) is 11.5 Å². The second-order valence-corrected chi connectivity index (χ2v) is 3.29. The van der Waals surface area contributed by atoms with Crippen LogP contribution in [0.4, 0.5) is 0 Å². The van der Waals surface area contributed by atoms with Crippen LogP contribution in [-0.4, -0.2) is 10.9 Å². The van der Waals surface area contributed by atoms with Crippen molar-refractivity contribution < 1.29 is 9.62 Å². The third kappa shape index (κ3) is 1.91. The number of hydrogen-bond acceptors (Lipinski definition) is 3. The van der Waals surface area contributed by atoms with Gasteiger partial charge in [0.1, 0.15) is 0 Å². The summed E-state index contributed by atoms with van der Waals surface area (Å²) in [7, 11) is 0. The van der Waals surface area contributed by atoms with Gasteiger partial charge in [-0.25, -0.2) is 0 Å². The Balaban J connectivity index is 2.41. The van der Waals surface area contributed by atoms with E-state index in [0.717, 1.165) is 11.1 Å². The monoisotopic (exact) mass is 201 g/mol. The van der Waals surface area contributed by atoms with Crippen LogP contribution in [0.15, 0.2) is 52.2 Å². The molecule has 1 heterocycles. The SMILES string of the molecule is Cc1ccc(/C(=N/O)c2ccco2)cc1. The highest BCUT2D eigenvalue weighted by Gasteiger charge is 2.09. The van der Waals surface area contributed by atoms with E-state index in [1.165, 1.54) is 0 Å². The molecule has 15 heavy (non-hydrogen) atoms. The van der Waals surface area contributed by atoms with Gasteiger partial charge in [-0.1, -0.05) is 35.0 Å². The maximum absolute atomic E-state index is 8.95. The molecule has 0 aliphatic rings. The summed E-state index contributed by atoms with van der Waals surface area (Å²) in [5.74, 6) is 0.557. The van der Waals surface area contributed by atoms with Gasteiger partial charge in [0.05, 0.1) is 6.26 Å². The molecule has 0 saturated carbocycles. The van der Waals surface area contributed by atoms with E-state index in [0.29, 0.717) is 11.5 Å². The number of benzene rings is 1. The normalized spacial score (nSPS) is 11.7. The first-order valence-electron chi connectivity index (χ1n) is 4.64. The van der Waals surface area contributed by atoms with E-state index in [2.05, 4.69) is 5.16 Å². The van der Waals surface area contributed by atoms with Crippen molar-refractivity contribution in [3.63, 3.8) is 0 Å². The molecule has 76 valence electrons. The quantitative estimate of drug-likeness (QED) is 0.461. The van der Waals surface area contributed by atoms with E-state index >= 15 is 0 Å². The second-order valence-electron chi connectivity index (χ2n) is 3.29. The smallest absolute Gasteiger partial charge is 0.156 e. The van der Waals surface area contributed by atoms with E-state index in [1.54, 1.807) is 18.4 Å². The van der Waals surface area contributed by atoms with E-state index in [4.69, 9.17) is 9.62 Å². The lowest BCUT2D eigenvalue weighted by Gasteiger charge is -2.01. The van der Waals surface area contributed by atoms with Crippen LogP contribution >= 0.6 is 0 Å².